The van der Waals surface area contributed by atoms with Gasteiger partial charge in [-0.2, -0.15) is 0 Å². The molecule has 0 aromatic rings. The minimum absolute atomic E-state index is 0.125. The predicted molar refractivity (Wildman–Crippen MR) is 91.4 cm³/mol. The van der Waals surface area contributed by atoms with Gasteiger partial charge in [0.25, 0.3) is 0 Å². The van der Waals surface area contributed by atoms with Gasteiger partial charge in [0.15, 0.2) is 0 Å². The van der Waals surface area contributed by atoms with Crippen molar-refractivity contribution in [3.8, 4) is 0 Å². The fourth-order valence-corrected chi connectivity index (χ4v) is 2.71. The molecule has 0 aliphatic heterocycles. The van der Waals surface area contributed by atoms with Gasteiger partial charge in [-0.3, -0.25) is 0 Å². The lowest BCUT2D eigenvalue weighted by molar-refractivity contribution is 0.0990. The average molecular weight is 302 g/mol. The van der Waals surface area contributed by atoms with Crippen LogP contribution in [0, 0.1) is 0 Å². The number of aliphatic hydroxyl groups is 2. The summed E-state index contributed by atoms with van der Waals surface area (Å²) in [6.07, 6.45) is 17.5. The van der Waals surface area contributed by atoms with Gasteiger partial charge in [0.05, 0.1) is 18.8 Å². The van der Waals surface area contributed by atoms with E-state index in [-0.39, 0.29) is 6.61 Å². The molecule has 4 N–H and O–H groups in total. The number of hydrogen-bond acceptors (Lipinski definition) is 3. The van der Waals surface area contributed by atoms with E-state index in [1.165, 1.54) is 77.0 Å². The van der Waals surface area contributed by atoms with Gasteiger partial charge in [-0.15, -0.1) is 0 Å². The summed E-state index contributed by atoms with van der Waals surface area (Å²) in [7, 11) is 0. The van der Waals surface area contributed by atoms with Crippen molar-refractivity contribution in [2.75, 3.05) is 6.61 Å². The number of nitrogens with two attached hydrogens (primary N) is 1. The zero-order valence-electron chi connectivity index (χ0n) is 14.2. The third kappa shape index (κ3) is 14.6. The summed E-state index contributed by atoms with van der Waals surface area (Å²) in [5, 5.41) is 18.4. The summed E-state index contributed by atoms with van der Waals surface area (Å²) in [6.45, 7) is 2.14. The Morgan fingerprint density at radius 2 is 1.10 bits per heavy atom. The summed E-state index contributed by atoms with van der Waals surface area (Å²) < 4.78 is 0. The van der Waals surface area contributed by atoms with E-state index >= 15 is 0 Å². The first-order valence-corrected chi connectivity index (χ1v) is 9.26. The second-order valence-corrected chi connectivity index (χ2v) is 6.45. The highest BCUT2D eigenvalue weighted by Crippen LogP contribution is 2.13. The second kappa shape index (κ2) is 16.3. The molecule has 0 fully saturated rings. The Kier molecular flexibility index (Phi) is 16.2. The Bertz CT molecular complexity index is 200. The Morgan fingerprint density at radius 1 is 0.714 bits per heavy atom. The average Bonchev–Trinajstić information content (AvgIpc) is 2.50. The van der Waals surface area contributed by atoms with E-state index in [9.17, 15) is 5.11 Å². The van der Waals surface area contributed by atoms with Gasteiger partial charge >= 0.3 is 0 Å². The number of aliphatic hydroxyl groups excluding tert-OH is 2. The lowest BCUT2D eigenvalue weighted by Gasteiger charge is -2.15. The van der Waals surface area contributed by atoms with Gasteiger partial charge < -0.3 is 15.9 Å². The van der Waals surface area contributed by atoms with Crippen LogP contribution >= 0.6 is 0 Å². The Morgan fingerprint density at radius 3 is 1.48 bits per heavy atom. The standard InChI is InChI=1S/C18H39NO2/c1-2-3-4-5-6-7-8-9-10-11-12-13-14-15-18(21)17(19)16-20/h17-18,20-21H,2-16,19H2,1H3/t17?,18-/m0/s1. The molecular weight excluding hydrogens is 262 g/mol. The normalized spacial score (nSPS) is 14.3. The molecule has 0 aromatic heterocycles. The highest BCUT2D eigenvalue weighted by Gasteiger charge is 2.12. The Balaban J connectivity index is 3.09. The molecule has 0 aliphatic carbocycles. The summed E-state index contributed by atoms with van der Waals surface area (Å²) in [4.78, 5) is 0. The minimum Gasteiger partial charge on any atom is -0.395 e. The van der Waals surface area contributed by atoms with Crippen LogP contribution in [-0.4, -0.2) is 29.0 Å². The second-order valence-electron chi connectivity index (χ2n) is 6.45. The highest BCUT2D eigenvalue weighted by atomic mass is 16.3. The molecule has 0 spiro atoms. The highest BCUT2D eigenvalue weighted by molar-refractivity contribution is 4.70. The minimum atomic E-state index is -0.539. The lowest BCUT2D eigenvalue weighted by atomic mass is 10.0. The maximum atomic E-state index is 9.61. The van der Waals surface area contributed by atoms with Crippen LogP contribution in [0.2, 0.25) is 0 Å². The molecule has 0 rings (SSSR count). The third-order valence-electron chi connectivity index (χ3n) is 4.31. The number of unbranched alkanes of at least 4 members (excludes halogenated alkanes) is 12. The van der Waals surface area contributed by atoms with Crippen molar-refractivity contribution in [2.45, 2.75) is 109 Å². The first kappa shape index (κ1) is 20.9. The van der Waals surface area contributed by atoms with Gasteiger partial charge in [-0.05, 0) is 6.42 Å². The van der Waals surface area contributed by atoms with E-state index in [0.29, 0.717) is 0 Å². The van der Waals surface area contributed by atoms with Crippen molar-refractivity contribution < 1.29 is 10.2 Å². The van der Waals surface area contributed by atoms with Crippen molar-refractivity contribution in [1.82, 2.24) is 0 Å². The molecule has 1 unspecified atom stereocenters. The van der Waals surface area contributed by atoms with Gasteiger partial charge in [-0.1, -0.05) is 90.4 Å². The van der Waals surface area contributed by atoms with Gasteiger partial charge in [0.1, 0.15) is 0 Å². The monoisotopic (exact) mass is 301 g/mol. The van der Waals surface area contributed by atoms with E-state index < -0.39 is 12.1 Å². The molecule has 0 heterocycles. The zero-order valence-corrected chi connectivity index (χ0v) is 14.2. The van der Waals surface area contributed by atoms with Crippen molar-refractivity contribution in [3.05, 3.63) is 0 Å². The summed E-state index contributed by atoms with van der Waals surface area (Å²) in [6, 6.07) is -0.470. The molecule has 3 nitrogen and oxygen atoms in total. The maximum Gasteiger partial charge on any atom is 0.0713 e. The molecule has 3 heteroatoms. The SMILES string of the molecule is CCCCCCCCCCCCCCC[C@H](O)C(N)CO. The van der Waals surface area contributed by atoms with Gasteiger partial charge in [-0.25, -0.2) is 0 Å². The molecule has 0 amide bonds. The van der Waals surface area contributed by atoms with Crippen molar-refractivity contribution in [3.63, 3.8) is 0 Å². The van der Waals surface area contributed by atoms with Crippen LogP contribution in [0.4, 0.5) is 0 Å². The first-order chi connectivity index (χ1) is 10.2. The van der Waals surface area contributed by atoms with Crippen LogP contribution in [0.5, 0.6) is 0 Å². The van der Waals surface area contributed by atoms with Gasteiger partial charge in [0, 0.05) is 0 Å². The van der Waals surface area contributed by atoms with Crippen LogP contribution in [0.15, 0.2) is 0 Å². The molecule has 0 aliphatic rings. The topological polar surface area (TPSA) is 66.5 Å². The van der Waals surface area contributed by atoms with E-state index in [0.717, 1.165) is 12.8 Å². The van der Waals surface area contributed by atoms with Crippen LogP contribution < -0.4 is 5.73 Å². The quantitative estimate of drug-likeness (QED) is 0.375. The fraction of sp³-hybridized carbons (Fsp3) is 1.00. The van der Waals surface area contributed by atoms with Crippen molar-refractivity contribution in [1.29, 1.82) is 0 Å². The number of rotatable bonds is 16. The predicted octanol–water partition coefficient (Wildman–Crippen LogP) is 4.15. The largest absolute Gasteiger partial charge is 0.395 e. The Hall–Kier alpha value is -0.120. The Labute approximate surface area is 132 Å². The summed E-state index contributed by atoms with van der Waals surface area (Å²) in [5.74, 6) is 0. The molecule has 0 saturated heterocycles. The number of hydrogen-bond donors (Lipinski definition) is 3. The van der Waals surface area contributed by atoms with Crippen LogP contribution in [-0.2, 0) is 0 Å². The summed E-state index contributed by atoms with van der Waals surface area (Å²) in [5.41, 5.74) is 5.56. The van der Waals surface area contributed by atoms with Gasteiger partial charge in [0.2, 0.25) is 0 Å². The molecule has 0 aromatic carbocycles. The maximum absolute atomic E-state index is 9.61. The fourth-order valence-electron chi connectivity index (χ4n) is 2.71. The molecule has 128 valence electrons. The molecular formula is C18H39NO2. The molecule has 0 radical (unpaired) electrons. The molecule has 0 saturated carbocycles. The van der Waals surface area contributed by atoms with E-state index in [4.69, 9.17) is 10.8 Å². The van der Waals surface area contributed by atoms with Crippen LogP contribution in [0.25, 0.3) is 0 Å². The molecule has 21 heavy (non-hydrogen) atoms. The summed E-state index contributed by atoms with van der Waals surface area (Å²) >= 11 is 0. The van der Waals surface area contributed by atoms with Crippen LogP contribution in [0.1, 0.15) is 96.8 Å². The third-order valence-corrected chi connectivity index (χ3v) is 4.31. The first-order valence-electron chi connectivity index (χ1n) is 9.26. The lowest BCUT2D eigenvalue weighted by Crippen LogP contribution is -2.37. The smallest absolute Gasteiger partial charge is 0.0713 e. The van der Waals surface area contributed by atoms with Crippen LogP contribution in [0.3, 0.4) is 0 Å². The van der Waals surface area contributed by atoms with E-state index in [1.54, 1.807) is 0 Å². The molecule has 0 bridgehead atoms. The van der Waals surface area contributed by atoms with E-state index in [2.05, 4.69) is 6.92 Å². The zero-order chi connectivity index (χ0) is 15.8. The molecule has 2 atom stereocenters. The van der Waals surface area contributed by atoms with E-state index in [1.807, 2.05) is 0 Å². The van der Waals surface area contributed by atoms with Crippen molar-refractivity contribution >= 4 is 0 Å². The van der Waals surface area contributed by atoms with Crippen molar-refractivity contribution in [2.24, 2.45) is 5.73 Å².